The minimum absolute atomic E-state index is 0.0839. The molecule has 0 aromatic carbocycles. The van der Waals surface area contributed by atoms with Gasteiger partial charge in [0.25, 0.3) is 5.91 Å². The van der Waals surface area contributed by atoms with E-state index in [0.717, 1.165) is 37.3 Å². The standard InChI is InChI=1S/C23H33N3O3/c1-5-12-26(23(28)18-8-9-18)14-19-7-6-13-25(19)15-20-10-11-21(29-20)22(27)24-17(4)16(2)3/h6-7,10-11,13,16-18H,5,8-9,12,14-15H2,1-4H3,(H,24,27). The van der Waals surface area contributed by atoms with Gasteiger partial charge in [0.2, 0.25) is 5.91 Å². The van der Waals surface area contributed by atoms with Gasteiger partial charge in [-0.3, -0.25) is 9.59 Å². The summed E-state index contributed by atoms with van der Waals surface area (Å²) in [5, 5.41) is 2.96. The van der Waals surface area contributed by atoms with Crippen LogP contribution in [0.3, 0.4) is 0 Å². The number of aromatic nitrogens is 1. The zero-order valence-corrected chi connectivity index (χ0v) is 18.0. The van der Waals surface area contributed by atoms with E-state index in [1.54, 1.807) is 6.07 Å². The predicted molar refractivity (Wildman–Crippen MR) is 112 cm³/mol. The molecule has 2 amide bonds. The van der Waals surface area contributed by atoms with Gasteiger partial charge in [0.05, 0.1) is 13.1 Å². The Balaban J connectivity index is 1.64. The molecular weight excluding hydrogens is 366 g/mol. The lowest BCUT2D eigenvalue weighted by Gasteiger charge is -2.23. The molecule has 2 aromatic heterocycles. The summed E-state index contributed by atoms with van der Waals surface area (Å²) < 4.78 is 7.87. The smallest absolute Gasteiger partial charge is 0.287 e. The molecule has 1 unspecified atom stereocenters. The van der Waals surface area contributed by atoms with E-state index in [0.29, 0.717) is 24.8 Å². The molecule has 2 heterocycles. The van der Waals surface area contributed by atoms with Gasteiger partial charge in [0.1, 0.15) is 5.76 Å². The number of carbonyl (C=O) groups is 2. The summed E-state index contributed by atoms with van der Waals surface area (Å²) in [6.07, 6.45) is 4.98. The zero-order chi connectivity index (χ0) is 21.0. The van der Waals surface area contributed by atoms with Crippen LogP contribution in [0, 0.1) is 11.8 Å². The summed E-state index contributed by atoms with van der Waals surface area (Å²) in [6, 6.07) is 7.69. The van der Waals surface area contributed by atoms with Gasteiger partial charge in [0, 0.05) is 30.4 Å². The van der Waals surface area contributed by atoms with E-state index in [9.17, 15) is 9.59 Å². The Morgan fingerprint density at radius 3 is 2.66 bits per heavy atom. The Labute approximate surface area is 173 Å². The number of hydrogen-bond acceptors (Lipinski definition) is 3. The molecule has 3 rings (SSSR count). The van der Waals surface area contributed by atoms with E-state index < -0.39 is 0 Å². The van der Waals surface area contributed by atoms with Crippen LogP contribution in [-0.4, -0.2) is 33.9 Å². The molecule has 0 spiro atoms. The highest BCUT2D eigenvalue weighted by Crippen LogP contribution is 2.31. The van der Waals surface area contributed by atoms with Crippen LogP contribution < -0.4 is 5.32 Å². The predicted octanol–water partition coefficient (Wildman–Crippen LogP) is 4.05. The van der Waals surface area contributed by atoms with Crippen LogP contribution in [-0.2, 0) is 17.9 Å². The number of furan rings is 1. The third-order valence-electron chi connectivity index (χ3n) is 5.58. The van der Waals surface area contributed by atoms with E-state index in [-0.39, 0.29) is 23.8 Å². The van der Waals surface area contributed by atoms with Gasteiger partial charge < -0.3 is 19.2 Å². The molecular formula is C23H33N3O3. The summed E-state index contributed by atoms with van der Waals surface area (Å²) in [7, 11) is 0. The fraction of sp³-hybridized carbons (Fsp3) is 0.565. The van der Waals surface area contributed by atoms with Gasteiger partial charge in [-0.2, -0.15) is 0 Å². The first kappa shape index (κ1) is 21.2. The van der Waals surface area contributed by atoms with Crippen molar-refractivity contribution < 1.29 is 14.0 Å². The average Bonchev–Trinajstić information content (AvgIpc) is 3.28. The number of nitrogens with one attached hydrogen (secondary N) is 1. The van der Waals surface area contributed by atoms with Crippen LogP contribution >= 0.6 is 0 Å². The zero-order valence-electron chi connectivity index (χ0n) is 18.0. The van der Waals surface area contributed by atoms with Crippen LogP contribution in [0.5, 0.6) is 0 Å². The summed E-state index contributed by atoms with van der Waals surface area (Å²) in [5.41, 5.74) is 1.07. The van der Waals surface area contributed by atoms with E-state index in [1.807, 2.05) is 36.2 Å². The van der Waals surface area contributed by atoms with Crippen LogP contribution in [0.4, 0.5) is 0 Å². The third-order valence-corrected chi connectivity index (χ3v) is 5.58. The van der Waals surface area contributed by atoms with Crippen LogP contribution in [0.2, 0.25) is 0 Å². The highest BCUT2D eigenvalue weighted by atomic mass is 16.4. The van der Waals surface area contributed by atoms with E-state index in [2.05, 4.69) is 30.7 Å². The minimum atomic E-state index is -0.186. The molecule has 2 aromatic rings. The van der Waals surface area contributed by atoms with Gasteiger partial charge in [-0.15, -0.1) is 0 Å². The Morgan fingerprint density at radius 2 is 2.00 bits per heavy atom. The summed E-state index contributed by atoms with van der Waals surface area (Å²) in [6.45, 7) is 10.2. The first-order valence-electron chi connectivity index (χ1n) is 10.7. The molecule has 158 valence electrons. The largest absolute Gasteiger partial charge is 0.454 e. The van der Waals surface area contributed by atoms with Crippen LogP contribution in [0.15, 0.2) is 34.9 Å². The lowest BCUT2D eigenvalue weighted by molar-refractivity contribution is -0.133. The molecule has 0 aliphatic heterocycles. The molecule has 1 aliphatic rings. The Bertz CT molecular complexity index is 832. The summed E-state index contributed by atoms with van der Waals surface area (Å²) in [4.78, 5) is 26.9. The van der Waals surface area contributed by atoms with Crippen molar-refractivity contribution >= 4 is 11.8 Å². The SMILES string of the molecule is CCCN(Cc1cccn1Cc1ccc(C(=O)NC(C)C(C)C)o1)C(=O)C1CC1. The molecule has 1 atom stereocenters. The maximum absolute atomic E-state index is 12.6. The Morgan fingerprint density at radius 1 is 1.24 bits per heavy atom. The fourth-order valence-electron chi connectivity index (χ4n) is 3.27. The maximum atomic E-state index is 12.6. The van der Waals surface area contributed by atoms with Gasteiger partial charge in [-0.25, -0.2) is 0 Å². The van der Waals surface area contributed by atoms with Gasteiger partial charge in [0.15, 0.2) is 5.76 Å². The molecule has 1 aliphatic carbocycles. The number of hydrogen-bond donors (Lipinski definition) is 1. The lowest BCUT2D eigenvalue weighted by Crippen LogP contribution is -2.35. The number of amides is 2. The molecule has 6 nitrogen and oxygen atoms in total. The van der Waals surface area contributed by atoms with Gasteiger partial charge in [-0.05, 0) is 56.4 Å². The van der Waals surface area contributed by atoms with Crippen LogP contribution in [0.25, 0.3) is 0 Å². The van der Waals surface area contributed by atoms with Crippen molar-refractivity contribution in [2.45, 2.75) is 66.1 Å². The molecule has 1 N–H and O–H groups in total. The number of nitrogens with zero attached hydrogens (tertiary/aromatic N) is 2. The van der Waals surface area contributed by atoms with Crippen molar-refractivity contribution in [2.75, 3.05) is 6.54 Å². The molecule has 6 heteroatoms. The monoisotopic (exact) mass is 399 g/mol. The van der Waals surface area contributed by atoms with E-state index >= 15 is 0 Å². The number of rotatable bonds is 10. The van der Waals surface area contributed by atoms with Gasteiger partial charge in [-0.1, -0.05) is 20.8 Å². The highest BCUT2D eigenvalue weighted by Gasteiger charge is 2.33. The molecule has 0 saturated heterocycles. The van der Waals surface area contributed by atoms with Crippen molar-refractivity contribution in [3.05, 3.63) is 47.7 Å². The van der Waals surface area contributed by atoms with Crippen molar-refractivity contribution in [1.82, 2.24) is 14.8 Å². The quantitative estimate of drug-likeness (QED) is 0.655. The first-order valence-corrected chi connectivity index (χ1v) is 10.7. The first-order chi connectivity index (χ1) is 13.9. The summed E-state index contributed by atoms with van der Waals surface area (Å²) in [5.74, 6) is 1.73. The average molecular weight is 400 g/mol. The molecule has 0 bridgehead atoms. The van der Waals surface area contributed by atoms with E-state index in [1.165, 1.54) is 0 Å². The number of carbonyl (C=O) groups excluding carboxylic acids is 2. The second-order valence-electron chi connectivity index (χ2n) is 8.43. The molecule has 1 fully saturated rings. The van der Waals surface area contributed by atoms with Crippen molar-refractivity contribution in [2.24, 2.45) is 11.8 Å². The lowest BCUT2D eigenvalue weighted by atomic mass is 10.1. The van der Waals surface area contributed by atoms with Crippen LogP contribution in [0.1, 0.15) is 69.0 Å². The third kappa shape index (κ3) is 5.52. The Kier molecular flexibility index (Phi) is 6.83. The molecule has 0 radical (unpaired) electrons. The minimum Gasteiger partial charge on any atom is -0.454 e. The van der Waals surface area contributed by atoms with Crippen molar-refractivity contribution in [3.63, 3.8) is 0 Å². The fourth-order valence-corrected chi connectivity index (χ4v) is 3.27. The van der Waals surface area contributed by atoms with Crippen molar-refractivity contribution in [3.8, 4) is 0 Å². The second-order valence-corrected chi connectivity index (χ2v) is 8.43. The summed E-state index contributed by atoms with van der Waals surface area (Å²) >= 11 is 0. The highest BCUT2D eigenvalue weighted by molar-refractivity contribution is 5.91. The second kappa shape index (κ2) is 9.33. The Hall–Kier alpha value is -2.50. The molecule has 1 saturated carbocycles. The van der Waals surface area contributed by atoms with Crippen molar-refractivity contribution in [1.29, 1.82) is 0 Å². The van der Waals surface area contributed by atoms with Gasteiger partial charge >= 0.3 is 0 Å². The topological polar surface area (TPSA) is 67.5 Å². The normalized spacial score (nSPS) is 14.8. The maximum Gasteiger partial charge on any atom is 0.287 e. The van der Waals surface area contributed by atoms with E-state index in [4.69, 9.17) is 4.42 Å². The molecule has 29 heavy (non-hydrogen) atoms.